The first kappa shape index (κ1) is 28.4. The Kier molecular flexibility index (Phi) is 18.3. The molecule has 0 heterocycles. The highest BCUT2D eigenvalue weighted by molar-refractivity contribution is 5.85. The standard InChI is InChI=1S/C23H42O7/c1-3-4-5-6-7-8-9-10-11-12-13-14-15-16-17-18-19(24)30-21(23(27)28)20(29-2)22(25)26/h20-21H,3-18H2,1-2H3,(H,25,26)(H,27,28). The van der Waals surface area contributed by atoms with Gasteiger partial charge in [-0.25, -0.2) is 9.59 Å². The van der Waals surface area contributed by atoms with Crippen molar-refractivity contribution in [3.05, 3.63) is 0 Å². The zero-order valence-corrected chi connectivity index (χ0v) is 18.9. The van der Waals surface area contributed by atoms with Crippen LogP contribution < -0.4 is 0 Å². The number of methoxy groups -OCH3 is 1. The highest BCUT2D eigenvalue weighted by atomic mass is 16.6. The zero-order chi connectivity index (χ0) is 22.6. The Bertz CT molecular complexity index is 464. The molecule has 0 bridgehead atoms. The second kappa shape index (κ2) is 19.3. The topological polar surface area (TPSA) is 110 Å². The first-order valence-electron chi connectivity index (χ1n) is 11.6. The molecule has 0 aliphatic heterocycles. The van der Waals surface area contributed by atoms with E-state index in [1.807, 2.05) is 0 Å². The van der Waals surface area contributed by atoms with Crippen LogP contribution in [0.5, 0.6) is 0 Å². The van der Waals surface area contributed by atoms with Gasteiger partial charge < -0.3 is 19.7 Å². The van der Waals surface area contributed by atoms with Gasteiger partial charge in [0.15, 0.2) is 0 Å². The molecule has 0 aliphatic rings. The van der Waals surface area contributed by atoms with Crippen LogP contribution in [0.2, 0.25) is 0 Å². The van der Waals surface area contributed by atoms with Crippen molar-refractivity contribution < 1.29 is 34.1 Å². The molecule has 0 saturated carbocycles. The van der Waals surface area contributed by atoms with Gasteiger partial charge in [0, 0.05) is 13.5 Å². The highest BCUT2D eigenvalue weighted by Gasteiger charge is 2.37. The minimum Gasteiger partial charge on any atom is -0.479 e. The van der Waals surface area contributed by atoms with E-state index in [-0.39, 0.29) is 6.42 Å². The Hall–Kier alpha value is -1.63. The molecule has 0 amide bonds. The normalized spacial score (nSPS) is 13.0. The molecule has 0 aromatic heterocycles. The molecule has 2 N–H and O–H groups in total. The van der Waals surface area contributed by atoms with E-state index in [4.69, 9.17) is 14.9 Å². The van der Waals surface area contributed by atoms with Gasteiger partial charge in [-0.3, -0.25) is 4.79 Å². The van der Waals surface area contributed by atoms with Crippen LogP contribution in [0.1, 0.15) is 110 Å². The fourth-order valence-corrected chi connectivity index (χ4v) is 3.44. The predicted molar refractivity (Wildman–Crippen MR) is 115 cm³/mol. The minimum atomic E-state index is -1.84. The Morgan fingerprint density at radius 2 is 1.00 bits per heavy atom. The van der Waals surface area contributed by atoms with E-state index in [0.29, 0.717) is 6.42 Å². The largest absolute Gasteiger partial charge is 0.479 e. The average molecular weight is 431 g/mol. The van der Waals surface area contributed by atoms with Gasteiger partial charge in [0.05, 0.1) is 0 Å². The lowest BCUT2D eigenvalue weighted by molar-refractivity contribution is -0.180. The molecule has 7 nitrogen and oxygen atoms in total. The van der Waals surface area contributed by atoms with Crippen molar-refractivity contribution in [1.29, 1.82) is 0 Å². The molecule has 0 spiro atoms. The van der Waals surface area contributed by atoms with Crippen LogP contribution >= 0.6 is 0 Å². The van der Waals surface area contributed by atoms with Crippen LogP contribution in [0, 0.1) is 0 Å². The molecule has 7 heteroatoms. The van der Waals surface area contributed by atoms with E-state index in [1.54, 1.807) is 0 Å². The Balaban J connectivity index is 3.62. The van der Waals surface area contributed by atoms with Gasteiger partial charge in [-0.1, -0.05) is 96.8 Å². The maximum Gasteiger partial charge on any atom is 0.348 e. The SMILES string of the molecule is CCCCCCCCCCCCCCCCCC(=O)OC(C(=O)O)C(OC)C(=O)O. The zero-order valence-electron chi connectivity index (χ0n) is 18.9. The molecule has 0 fully saturated rings. The Labute approximate surface area is 181 Å². The van der Waals surface area contributed by atoms with Gasteiger partial charge in [-0.2, -0.15) is 0 Å². The molecule has 0 aliphatic carbocycles. The molecule has 2 atom stereocenters. The monoisotopic (exact) mass is 430 g/mol. The average Bonchev–Trinajstić information content (AvgIpc) is 2.70. The van der Waals surface area contributed by atoms with Gasteiger partial charge in [0.25, 0.3) is 0 Å². The lowest BCUT2D eigenvalue weighted by atomic mass is 10.0. The maximum atomic E-state index is 11.8. The molecule has 30 heavy (non-hydrogen) atoms. The first-order chi connectivity index (χ1) is 14.4. The number of carboxylic acid groups (broad SMARTS) is 2. The number of rotatable bonds is 21. The van der Waals surface area contributed by atoms with Crippen molar-refractivity contribution >= 4 is 17.9 Å². The van der Waals surface area contributed by atoms with Crippen LogP contribution in [-0.2, 0) is 23.9 Å². The van der Waals surface area contributed by atoms with E-state index in [1.165, 1.54) is 70.6 Å². The summed E-state index contributed by atoms with van der Waals surface area (Å²) in [4.78, 5) is 33.9. The van der Waals surface area contributed by atoms with Crippen molar-refractivity contribution in [3.63, 3.8) is 0 Å². The van der Waals surface area contributed by atoms with Gasteiger partial charge in [0.1, 0.15) is 0 Å². The van der Waals surface area contributed by atoms with Gasteiger partial charge in [0.2, 0.25) is 12.2 Å². The number of carboxylic acids is 2. The molecular formula is C23H42O7. The molecular weight excluding hydrogens is 388 g/mol. The summed E-state index contributed by atoms with van der Waals surface area (Å²) < 4.78 is 9.41. The summed E-state index contributed by atoms with van der Waals surface area (Å²) >= 11 is 0. The second-order valence-electron chi connectivity index (χ2n) is 7.94. The molecule has 0 saturated heterocycles. The van der Waals surface area contributed by atoms with E-state index >= 15 is 0 Å². The molecule has 2 unspecified atom stereocenters. The Morgan fingerprint density at radius 3 is 1.33 bits per heavy atom. The molecule has 0 radical (unpaired) electrons. The Morgan fingerprint density at radius 1 is 0.633 bits per heavy atom. The maximum absolute atomic E-state index is 11.8. The van der Waals surface area contributed by atoms with Crippen LogP contribution in [0.25, 0.3) is 0 Å². The minimum absolute atomic E-state index is 0.0814. The fraction of sp³-hybridized carbons (Fsp3) is 0.870. The molecule has 0 aromatic rings. The number of carbonyl (C=O) groups excluding carboxylic acids is 1. The third kappa shape index (κ3) is 15.2. The quantitative estimate of drug-likeness (QED) is 0.187. The summed E-state index contributed by atoms with van der Waals surface area (Å²) in [5.74, 6) is -3.72. The van der Waals surface area contributed by atoms with E-state index in [0.717, 1.165) is 26.4 Å². The van der Waals surface area contributed by atoms with Gasteiger partial charge in [-0.05, 0) is 6.42 Å². The van der Waals surface area contributed by atoms with Crippen molar-refractivity contribution in [2.45, 2.75) is 122 Å². The van der Waals surface area contributed by atoms with Gasteiger partial charge in [-0.15, -0.1) is 0 Å². The third-order valence-electron chi connectivity index (χ3n) is 5.26. The van der Waals surface area contributed by atoms with E-state index < -0.39 is 30.1 Å². The first-order valence-corrected chi connectivity index (χ1v) is 11.6. The van der Waals surface area contributed by atoms with Gasteiger partial charge >= 0.3 is 17.9 Å². The van der Waals surface area contributed by atoms with Crippen molar-refractivity contribution in [1.82, 2.24) is 0 Å². The summed E-state index contributed by atoms with van der Waals surface area (Å²) in [5, 5.41) is 18.0. The van der Waals surface area contributed by atoms with E-state index in [9.17, 15) is 14.4 Å². The highest BCUT2D eigenvalue weighted by Crippen LogP contribution is 2.14. The summed E-state index contributed by atoms with van der Waals surface area (Å²) in [6.07, 6.45) is 14.8. The van der Waals surface area contributed by atoms with Crippen molar-refractivity contribution in [2.24, 2.45) is 0 Å². The number of ether oxygens (including phenoxy) is 2. The molecule has 176 valence electrons. The van der Waals surface area contributed by atoms with Crippen LogP contribution in [0.15, 0.2) is 0 Å². The van der Waals surface area contributed by atoms with Crippen molar-refractivity contribution in [2.75, 3.05) is 7.11 Å². The van der Waals surface area contributed by atoms with Crippen LogP contribution in [0.3, 0.4) is 0 Å². The van der Waals surface area contributed by atoms with Crippen molar-refractivity contribution in [3.8, 4) is 0 Å². The summed E-state index contributed by atoms with van der Waals surface area (Å²) in [5.41, 5.74) is 0. The fourth-order valence-electron chi connectivity index (χ4n) is 3.44. The molecule has 0 aromatic carbocycles. The number of esters is 1. The lowest BCUT2D eigenvalue weighted by Crippen LogP contribution is -2.44. The number of hydrogen-bond acceptors (Lipinski definition) is 5. The third-order valence-corrected chi connectivity index (χ3v) is 5.26. The number of aliphatic carboxylic acids is 2. The second-order valence-corrected chi connectivity index (χ2v) is 7.94. The number of unbranched alkanes of at least 4 members (excludes halogenated alkanes) is 14. The van der Waals surface area contributed by atoms with E-state index in [2.05, 4.69) is 11.7 Å². The summed E-state index contributed by atoms with van der Waals surface area (Å²) in [7, 11) is 1.07. The number of carbonyl (C=O) groups is 3. The summed E-state index contributed by atoms with van der Waals surface area (Å²) in [6.45, 7) is 2.24. The predicted octanol–water partition coefficient (Wildman–Crippen LogP) is 5.34. The van der Waals surface area contributed by atoms with Crippen LogP contribution in [-0.4, -0.2) is 47.4 Å². The smallest absolute Gasteiger partial charge is 0.348 e. The summed E-state index contributed by atoms with van der Waals surface area (Å²) in [6, 6.07) is 0. The number of hydrogen-bond donors (Lipinski definition) is 2. The lowest BCUT2D eigenvalue weighted by Gasteiger charge is -2.19. The van der Waals surface area contributed by atoms with Crippen LogP contribution in [0.4, 0.5) is 0 Å². The molecule has 0 rings (SSSR count).